The Morgan fingerprint density at radius 2 is 2.19 bits per heavy atom. The Morgan fingerprint density at radius 3 is 2.95 bits per heavy atom. The average Bonchev–Trinajstić information content (AvgIpc) is 3.09. The number of methoxy groups -OCH3 is 1. The molecule has 0 unspecified atom stereocenters. The monoisotopic (exact) mass is 291 g/mol. The number of anilines is 1. The number of carbonyl (C=O) groups excluding carboxylic acids is 1. The summed E-state index contributed by atoms with van der Waals surface area (Å²) in [4.78, 5) is 25.1. The van der Waals surface area contributed by atoms with Crippen LogP contribution in [0.25, 0.3) is 0 Å². The van der Waals surface area contributed by atoms with Crippen LogP contribution in [0.15, 0.2) is 12.3 Å². The van der Waals surface area contributed by atoms with Crippen LogP contribution in [0.1, 0.15) is 12.8 Å². The molecule has 1 aromatic heterocycles. The first-order chi connectivity index (χ1) is 10.3. The van der Waals surface area contributed by atoms with Gasteiger partial charge in [-0.05, 0) is 12.8 Å². The number of nitrogens with one attached hydrogen (secondary N) is 1. The SMILES string of the molecule is COc1ccnc(N2CCN[C@@H](C(=O)N3CCCC3)C2)n1. The van der Waals surface area contributed by atoms with Gasteiger partial charge in [-0.2, -0.15) is 4.98 Å². The Morgan fingerprint density at radius 1 is 1.38 bits per heavy atom. The molecule has 3 rings (SSSR count). The number of amides is 1. The minimum atomic E-state index is -0.174. The first-order valence-electron chi connectivity index (χ1n) is 7.42. The van der Waals surface area contributed by atoms with Gasteiger partial charge in [-0.25, -0.2) is 4.98 Å². The number of aromatic nitrogens is 2. The van der Waals surface area contributed by atoms with E-state index >= 15 is 0 Å². The first kappa shape index (κ1) is 14.1. The molecule has 7 nitrogen and oxygen atoms in total. The molecule has 7 heteroatoms. The van der Waals surface area contributed by atoms with Gasteiger partial charge >= 0.3 is 0 Å². The van der Waals surface area contributed by atoms with Crippen molar-refractivity contribution in [2.75, 3.05) is 44.7 Å². The van der Waals surface area contributed by atoms with Crippen LogP contribution < -0.4 is 15.0 Å². The number of hydrogen-bond acceptors (Lipinski definition) is 6. The van der Waals surface area contributed by atoms with Crippen molar-refractivity contribution < 1.29 is 9.53 Å². The summed E-state index contributed by atoms with van der Waals surface area (Å²) in [7, 11) is 1.59. The molecule has 0 spiro atoms. The molecule has 0 aliphatic carbocycles. The molecule has 21 heavy (non-hydrogen) atoms. The van der Waals surface area contributed by atoms with E-state index in [9.17, 15) is 4.79 Å². The summed E-state index contributed by atoms with van der Waals surface area (Å²) in [5.74, 6) is 1.36. The highest BCUT2D eigenvalue weighted by Gasteiger charge is 2.31. The Labute approximate surface area is 124 Å². The highest BCUT2D eigenvalue weighted by molar-refractivity contribution is 5.83. The molecule has 0 saturated carbocycles. The zero-order chi connectivity index (χ0) is 14.7. The van der Waals surface area contributed by atoms with E-state index in [1.54, 1.807) is 19.4 Å². The van der Waals surface area contributed by atoms with E-state index in [2.05, 4.69) is 15.3 Å². The minimum absolute atomic E-state index is 0.174. The second-order valence-electron chi connectivity index (χ2n) is 5.38. The normalized spacial score (nSPS) is 22.4. The third-order valence-electron chi connectivity index (χ3n) is 4.00. The van der Waals surface area contributed by atoms with E-state index in [0.29, 0.717) is 18.4 Å². The van der Waals surface area contributed by atoms with Crippen molar-refractivity contribution in [3.63, 3.8) is 0 Å². The molecule has 1 amide bonds. The highest BCUT2D eigenvalue weighted by Crippen LogP contribution is 2.16. The average molecular weight is 291 g/mol. The Balaban J connectivity index is 1.68. The fraction of sp³-hybridized carbons (Fsp3) is 0.643. The Hall–Kier alpha value is -1.89. The summed E-state index contributed by atoms with van der Waals surface area (Å²) >= 11 is 0. The summed E-state index contributed by atoms with van der Waals surface area (Å²) in [6.07, 6.45) is 3.91. The van der Waals surface area contributed by atoms with Gasteiger partial charge in [-0.3, -0.25) is 4.79 Å². The largest absolute Gasteiger partial charge is 0.481 e. The quantitative estimate of drug-likeness (QED) is 0.837. The highest BCUT2D eigenvalue weighted by atomic mass is 16.5. The maximum Gasteiger partial charge on any atom is 0.241 e. The molecule has 2 saturated heterocycles. The van der Waals surface area contributed by atoms with Crippen LogP contribution in [-0.4, -0.2) is 66.7 Å². The van der Waals surface area contributed by atoms with Gasteiger partial charge in [0, 0.05) is 45.0 Å². The third kappa shape index (κ3) is 3.07. The van der Waals surface area contributed by atoms with Crippen LogP contribution in [0.3, 0.4) is 0 Å². The van der Waals surface area contributed by atoms with E-state index < -0.39 is 0 Å². The van der Waals surface area contributed by atoms with Crippen molar-refractivity contribution in [2.24, 2.45) is 0 Å². The predicted molar refractivity (Wildman–Crippen MR) is 78.4 cm³/mol. The maximum atomic E-state index is 12.5. The number of nitrogens with zero attached hydrogens (tertiary/aromatic N) is 4. The van der Waals surface area contributed by atoms with Gasteiger partial charge in [0.15, 0.2) is 0 Å². The summed E-state index contributed by atoms with van der Waals surface area (Å²) in [5, 5.41) is 3.30. The molecule has 0 bridgehead atoms. The molecule has 1 aromatic rings. The van der Waals surface area contributed by atoms with Gasteiger partial charge in [0.2, 0.25) is 17.7 Å². The molecule has 1 N–H and O–H groups in total. The molecule has 1 atom stereocenters. The van der Waals surface area contributed by atoms with Gasteiger partial charge < -0.3 is 19.9 Å². The third-order valence-corrected chi connectivity index (χ3v) is 4.00. The molecule has 2 aliphatic rings. The number of likely N-dealkylation sites (tertiary alicyclic amines) is 1. The minimum Gasteiger partial charge on any atom is -0.481 e. The second-order valence-corrected chi connectivity index (χ2v) is 5.38. The Bertz CT molecular complexity index is 504. The van der Waals surface area contributed by atoms with Gasteiger partial charge in [-0.15, -0.1) is 0 Å². The Kier molecular flexibility index (Phi) is 4.19. The van der Waals surface area contributed by atoms with Gasteiger partial charge in [0.1, 0.15) is 6.04 Å². The molecule has 0 radical (unpaired) electrons. The van der Waals surface area contributed by atoms with Crippen LogP contribution in [0.2, 0.25) is 0 Å². The fourth-order valence-electron chi connectivity index (χ4n) is 2.85. The molecular weight excluding hydrogens is 270 g/mol. The lowest BCUT2D eigenvalue weighted by Gasteiger charge is -2.34. The van der Waals surface area contributed by atoms with Gasteiger partial charge in [0.05, 0.1) is 7.11 Å². The summed E-state index contributed by atoms with van der Waals surface area (Å²) in [6.45, 7) is 3.91. The van der Waals surface area contributed by atoms with E-state index in [-0.39, 0.29) is 11.9 Å². The van der Waals surface area contributed by atoms with Gasteiger partial charge in [-0.1, -0.05) is 0 Å². The predicted octanol–water partition coefficient (Wildman–Crippen LogP) is -0.114. The van der Waals surface area contributed by atoms with Crippen LogP contribution in [0.4, 0.5) is 5.95 Å². The van der Waals surface area contributed by atoms with Crippen LogP contribution in [0.5, 0.6) is 5.88 Å². The number of ether oxygens (including phenoxy) is 1. The van der Waals surface area contributed by atoms with E-state index in [1.165, 1.54) is 0 Å². The fourth-order valence-corrected chi connectivity index (χ4v) is 2.85. The number of carbonyl (C=O) groups is 1. The lowest BCUT2D eigenvalue weighted by molar-refractivity contribution is -0.132. The van der Waals surface area contributed by atoms with Crippen LogP contribution >= 0.6 is 0 Å². The van der Waals surface area contributed by atoms with Crippen molar-refractivity contribution in [1.29, 1.82) is 0 Å². The van der Waals surface area contributed by atoms with E-state index in [0.717, 1.165) is 39.0 Å². The van der Waals surface area contributed by atoms with Crippen molar-refractivity contribution in [1.82, 2.24) is 20.2 Å². The number of piperazine rings is 1. The van der Waals surface area contributed by atoms with Crippen LogP contribution in [-0.2, 0) is 4.79 Å². The zero-order valence-corrected chi connectivity index (χ0v) is 12.3. The molecule has 2 fully saturated rings. The number of rotatable bonds is 3. The van der Waals surface area contributed by atoms with E-state index in [1.807, 2.05) is 9.80 Å². The van der Waals surface area contributed by atoms with Crippen LogP contribution in [0, 0.1) is 0 Å². The first-order valence-corrected chi connectivity index (χ1v) is 7.42. The maximum absolute atomic E-state index is 12.5. The lowest BCUT2D eigenvalue weighted by Crippen LogP contribution is -2.58. The smallest absolute Gasteiger partial charge is 0.241 e. The standard InChI is InChI=1S/C14H21N5O2/c1-21-12-4-5-16-14(17-12)19-9-6-15-11(10-19)13(20)18-7-2-3-8-18/h4-5,11,15H,2-3,6-10H2,1H3/t11-/m1/s1. The molecule has 3 heterocycles. The second kappa shape index (κ2) is 6.26. The van der Waals surface area contributed by atoms with Crippen molar-refractivity contribution >= 4 is 11.9 Å². The molecule has 114 valence electrons. The van der Waals surface area contributed by atoms with E-state index in [4.69, 9.17) is 4.74 Å². The summed E-state index contributed by atoms with van der Waals surface area (Å²) < 4.78 is 5.13. The zero-order valence-electron chi connectivity index (χ0n) is 12.3. The summed E-state index contributed by atoms with van der Waals surface area (Å²) in [6, 6.07) is 1.55. The molecule has 0 aromatic carbocycles. The van der Waals surface area contributed by atoms with Gasteiger partial charge in [0.25, 0.3) is 0 Å². The summed E-state index contributed by atoms with van der Waals surface area (Å²) in [5.41, 5.74) is 0. The lowest BCUT2D eigenvalue weighted by atomic mass is 10.2. The van der Waals surface area contributed by atoms with Crippen molar-refractivity contribution in [2.45, 2.75) is 18.9 Å². The number of hydrogen-bond donors (Lipinski definition) is 1. The van der Waals surface area contributed by atoms with Crippen molar-refractivity contribution in [3.8, 4) is 5.88 Å². The van der Waals surface area contributed by atoms with Crippen molar-refractivity contribution in [3.05, 3.63) is 12.3 Å². The topological polar surface area (TPSA) is 70.6 Å². The molecule has 2 aliphatic heterocycles. The molecular formula is C14H21N5O2.